The SMILES string of the molecule is CC(C)CN(CCN(C)C)CC1(C=O)CCOC1. The molecule has 0 amide bonds. The van der Waals surface area contributed by atoms with E-state index in [1.165, 1.54) is 0 Å². The van der Waals surface area contributed by atoms with Gasteiger partial charge in [0, 0.05) is 32.8 Å². The van der Waals surface area contributed by atoms with Crippen LogP contribution in [-0.4, -0.2) is 69.6 Å². The number of hydrogen-bond donors (Lipinski definition) is 0. The van der Waals surface area contributed by atoms with Crippen molar-refractivity contribution >= 4 is 6.29 Å². The number of carbonyl (C=O) groups excluding carboxylic acids is 1. The molecule has 0 aromatic carbocycles. The van der Waals surface area contributed by atoms with Gasteiger partial charge in [-0.15, -0.1) is 0 Å². The van der Waals surface area contributed by atoms with E-state index in [1.54, 1.807) is 0 Å². The zero-order valence-electron chi connectivity index (χ0n) is 12.3. The maximum absolute atomic E-state index is 11.4. The van der Waals surface area contributed by atoms with Crippen LogP contribution in [0.1, 0.15) is 20.3 Å². The first kappa shape index (κ1) is 15.6. The van der Waals surface area contributed by atoms with Gasteiger partial charge in [0.05, 0.1) is 12.0 Å². The van der Waals surface area contributed by atoms with Gasteiger partial charge < -0.3 is 19.3 Å². The van der Waals surface area contributed by atoms with Crippen LogP contribution in [0.4, 0.5) is 0 Å². The number of likely N-dealkylation sites (N-methyl/N-ethyl adjacent to an activating group) is 1. The van der Waals surface area contributed by atoms with Crippen LogP contribution >= 0.6 is 0 Å². The minimum absolute atomic E-state index is 0.263. The summed E-state index contributed by atoms with van der Waals surface area (Å²) in [7, 11) is 4.17. The van der Waals surface area contributed by atoms with Crippen molar-refractivity contribution in [2.45, 2.75) is 20.3 Å². The molecule has 4 nitrogen and oxygen atoms in total. The molecule has 0 aliphatic carbocycles. The number of carbonyl (C=O) groups is 1. The summed E-state index contributed by atoms with van der Waals surface area (Å²) >= 11 is 0. The van der Waals surface area contributed by atoms with Crippen LogP contribution in [0.2, 0.25) is 0 Å². The van der Waals surface area contributed by atoms with E-state index < -0.39 is 0 Å². The Labute approximate surface area is 111 Å². The average Bonchev–Trinajstić information content (AvgIpc) is 2.74. The number of nitrogens with zero attached hydrogens (tertiary/aromatic N) is 2. The molecule has 18 heavy (non-hydrogen) atoms. The molecule has 1 rings (SSSR count). The largest absolute Gasteiger partial charge is 0.380 e. The topological polar surface area (TPSA) is 32.8 Å². The summed E-state index contributed by atoms with van der Waals surface area (Å²) < 4.78 is 5.41. The molecule has 0 aromatic heterocycles. The molecule has 0 N–H and O–H groups in total. The molecule has 0 aromatic rings. The summed E-state index contributed by atoms with van der Waals surface area (Å²) in [6, 6.07) is 0. The molecular weight excluding hydrogens is 228 g/mol. The average molecular weight is 256 g/mol. The fourth-order valence-electron chi connectivity index (χ4n) is 2.42. The molecule has 1 heterocycles. The summed E-state index contributed by atoms with van der Waals surface area (Å²) in [5.41, 5.74) is -0.263. The van der Waals surface area contributed by atoms with E-state index in [0.717, 1.165) is 45.5 Å². The Hall–Kier alpha value is -0.450. The van der Waals surface area contributed by atoms with Gasteiger partial charge in [-0.05, 0) is 26.4 Å². The lowest BCUT2D eigenvalue weighted by Crippen LogP contribution is -2.43. The third-order valence-electron chi connectivity index (χ3n) is 3.41. The maximum atomic E-state index is 11.4. The van der Waals surface area contributed by atoms with Crippen LogP contribution in [-0.2, 0) is 9.53 Å². The van der Waals surface area contributed by atoms with Gasteiger partial charge in [0.1, 0.15) is 6.29 Å². The van der Waals surface area contributed by atoms with E-state index in [-0.39, 0.29) is 5.41 Å². The van der Waals surface area contributed by atoms with Crippen LogP contribution in [0.3, 0.4) is 0 Å². The third kappa shape index (κ3) is 5.04. The molecule has 1 fully saturated rings. The predicted molar refractivity (Wildman–Crippen MR) is 73.8 cm³/mol. The van der Waals surface area contributed by atoms with Crippen LogP contribution in [0.15, 0.2) is 0 Å². The lowest BCUT2D eigenvalue weighted by Gasteiger charge is -2.32. The van der Waals surface area contributed by atoms with Crippen LogP contribution in [0.25, 0.3) is 0 Å². The van der Waals surface area contributed by atoms with Crippen molar-refractivity contribution in [1.29, 1.82) is 0 Å². The van der Waals surface area contributed by atoms with Gasteiger partial charge in [-0.3, -0.25) is 0 Å². The minimum Gasteiger partial charge on any atom is -0.380 e. The Bertz CT molecular complexity index is 248. The Balaban J connectivity index is 2.55. The van der Waals surface area contributed by atoms with Crippen LogP contribution in [0, 0.1) is 11.3 Å². The van der Waals surface area contributed by atoms with E-state index in [9.17, 15) is 4.79 Å². The Morgan fingerprint density at radius 3 is 2.50 bits per heavy atom. The molecular formula is C14H28N2O2. The van der Waals surface area contributed by atoms with Crippen molar-refractivity contribution in [3.63, 3.8) is 0 Å². The molecule has 1 saturated heterocycles. The highest BCUT2D eigenvalue weighted by Crippen LogP contribution is 2.27. The number of ether oxygens (including phenoxy) is 1. The van der Waals surface area contributed by atoms with Gasteiger partial charge in [-0.25, -0.2) is 0 Å². The predicted octanol–water partition coefficient (Wildman–Crippen LogP) is 1.11. The van der Waals surface area contributed by atoms with E-state index in [4.69, 9.17) is 4.74 Å². The van der Waals surface area contributed by atoms with E-state index in [1.807, 2.05) is 0 Å². The second-order valence-electron chi connectivity index (χ2n) is 6.22. The highest BCUT2D eigenvalue weighted by Gasteiger charge is 2.36. The standard InChI is InChI=1S/C14H28N2O2/c1-13(2)9-16(7-6-15(3)4)10-14(11-17)5-8-18-12-14/h11,13H,5-10,12H2,1-4H3. The smallest absolute Gasteiger partial charge is 0.129 e. The first-order chi connectivity index (χ1) is 8.47. The van der Waals surface area contributed by atoms with Crippen LogP contribution in [0.5, 0.6) is 0 Å². The summed E-state index contributed by atoms with van der Waals surface area (Å²) in [6.07, 6.45) is 1.98. The zero-order valence-corrected chi connectivity index (χ0v) is 12.3. The summed E-state index contributed by atoms with van der Waals surface area (Å²) in [4.78, 5) is 16.0. The van der Waals surface area contributed by atoms with Crippen molar-refractivity contribution < 1.29 is 9.53 Å². The van der Waals surface area contributed by atoms with Gasteiger partial charge in [0.15, 0.2) is 0 Å². The van der Waals surface area contributed by atoms with Crippen LogP contribution < -0.4 is 0 Å². The van der Waals surface area contributed by atoms with Gasteiger partial charge in [-0.2, -0.15) is 0 Å². The lowest BCUT2D eigenvalue weighted by molar-refractivity contribution is -0.117. The molecule has 0 spiro atoms. The van der Waals surface area contributed by atoms with Gasteiger partial charge in [0.25, 0.3) is 0 Å². The first-order valence-corrected chi connectivity index (χ1v) is 6.88. The molecule has 1 atom stereocenters. The quantitative estimate of drug-likeness (QED) is 0.609. The molecule has 106 valence electrons. The molecule has 1 unspecified atom stereocenters. The molecule has 0 bridgehead atoms. The first-order valence-electron chi connectivity index (χ1n) is 6.88. The lowest BCUT2D eigenvalue weighted by atomic mass is 9.88. The monoisotopic (exact) mass is 256 g/mol. The van der Waals surface area contributed by atoms with Gasteiger partial charge in [-0.1, -0.05) is 13.8 Å². The van der Waals surface area contributed by atoms with Gasteiger partial charge in [0.2, 0.25) is 0 Å². The Kier molecular flexibility index (Phi) is 6.26. The fraction of sp³-hybridized carbons (Fsp3) is 0.929. The van der Waals surface area contributed by atoms with Crippen molar-refractivity contribution in [1.82, 2.24) is 9.80 Å². The molecule has 1 aliphatic rings. The number of hydrogen-bond acceptors (Lipinski definition) is 4. The minimum atomic E-state index is -0.263. The van der Waals surface area contributed by atoms with E-state index in [2.05, 4.69) is 37.7 Å². The molecule has 0 radical (unpaired) electrons. The van der Waals surface area contributed by atoms with Gasteiger partial charge >= 0.3 is 0 Å². The molecule has 4 heteroatoms. The van der Waals surface area contributed by atoms with Crippen molar-refractivity contribution in [2.24, 2.45) is 11.3 Å². The van der Waals surface area contributed by atoms with E-state index in [0.29, 0.717) is 12.5 Å². The third-order valence-corrected chi connectivity index (χ3v) is 3.41. The summed E-state index contributed by atoms with van der Waals surface area (Å²) in [6.45, 7) is 9.69. The second kappa shape index (κ2) is 7.22. The van der Waals surface area contributed by atoms with E-state index >= 15 is 0 Å². The second-order valence-corrected chi connectivity index (χ2v) is 6.22. The van der Waals surface area contributed by atoms with Crippen molar-refractivity contribution in [2.75, 3.05) is 53.5 Å². The fourth-order valence-corrected chi connectivity index (χ4v) is 2.42. The zero-order chi connectivity index (χ0) is 13.6. The molecule has 1 aliphatic heterocycles. The van der Waals surface area contributed by atoms with Crippen molar-refractivity contribution in [3.05, 3.63) is 0 Å². The highest BCUT2D eigenvalue weighted by molar-refractivity contribution is 5.60. The highest BCUT2D eigenvalue weighted by atomic mass is 16.5. The maximum Gasteiger partial charge on any atom is 0.129 e. The molecule has 0 saturated carbocycles. The number of rotatable bonds is 8. The normalized spacial score (nSPS) is 24.4. The summed E-state index contributed by atoms with van der Waals surface area (Å²) in [5.74, 6) is 0.623. The summed E-state index contributed by atoms with van der Waals surface area (Å²) in [5, 5.41) is 0. The Morgan fingerprint density at radius 2 is 2.06 bits per heavy atom. The van der Waals surface area contributed by atoms with Crippen molar-refractivity contribution in [3.8, 4) is 0 Å². The Morgan fingerprint density at radius 1 is 1.33 bits per heavy atom. The number of aldehydes is 1.